The number of hydrogen-bond donors (Lipinski definition) is 0. The quantitative estimate of drug-likeness (QED) is 0.164. The number of methoxy groups -OCH3 is 1. The average molecular weight is 580 g/mol. The SMILES string of the molecule is COc1ccc(CCN2C(=O)/C(=C\c3ccc(N(c4ccccc4)c4ccccc4)cc3)OC2=Nc2ccccc2C)cc1. The molecule has 218 valence electrons. The summed E-state index contributed by atoms with van der Waals surface area (Å²) in [5.74, 6) is 0.816. The largest absolute Gasteiger partial charge is 0.497 e. The van der Waals surface area contributed by atoms with Crippen LogP contribution in [0.15, 0.2) is 144 Å². The van der Waals surface area contributed by atoms with E-state index in [9.17, 15) is 4.79 Å². The van der Waals surface area contributed by atoms with Crippen LogP contribution in [0.25, 0.3) is 6.08 Å². The highest BCUT2D eigenvalue weighted by molar-refractivity contribution is 6.11. The zero-order valence-corrected chi connectivity index (χ0v) is 24.8. The first-order valence-electron chi connectivity index (χ1n) is 14.6. The van der Waals surface area contributed by atoms with Crippen LogP contribution in [0.1, 0.15) is 16.7 Å². The minimum absolute atomic E-state index is 0.217. The first-order chi connectivity index (χ1) is 21.6. The number of aliphatic imine (C=N–C) groups is 1. The molecule has 1 amide bonds. The van der Waals surface area contributed by atoms with E-state index in [4.69, 9.17) is 14.5 Å². The van der Waals surface area contributed by atoms with Gasteiger partial charge in [-0.15, -0.1) is 0 Å². The maximum Gasteiger partial charge on any atom is 0.305 e. The van der Waals surface area contributed by atoms with Gasteiger partial charge in [-0.1, -0.05) is 78.9 Å². The Bertz CT molecular complexity index is 1740. The summed E-state index contributed by atoms with van der Waals surface area (Å²) in [6, 6.07) is 44.5. The fourth-order valence-electron chi connectivity index (χ4n) is 5.09. The van der Waals surface area contributed by atoms with E-state index in [0.29, 0.717) is 13.0 Å². The van der Waals surface area contributed by atoms with Crippen LogP contribution in [-0.2, 0) is 16.0 Å². The van der Waals surface area contributed by atoms with Crippen molar-refractivity contribution in [3.8, 4) is 5.75 Å². The van der Waals surface area contributed by atoms with Crippen LogP contribution < -0.4 is 9.64 Å². The standard InChI is InChI=1S/C38H33N3O3/c1-28-11-9-10-16-35(28)39-38-40(26-25-29-19-23-34(43-2)24-20-29)37(42)36(44-38)27-30-17-21-33(22-18-30)41(31-12-5-3-6-13-31)32-14-7-4-8-15-32/h3-24,27H,25-26H2,1-2H3/b36-27+,39-38?. The second-order valence-electron chi connectivity index (χ2n) is 10.4. The second-order valence-corrected chi connectivity index (χ2v) is 10.4. The molecule has 1 aliphatic rings. The highest BCUT2D eigenvalue weighted by atomic mass is 16.5. The second kappa shape index (κ2) is 13.1. The molecule has 1 fully saturated rings. The number of carbonyl (C=O) groups excluding carboxylic acids is 1. The van der Waals surface area contributed by atoms with E-state index in [1.807, 2.05) is 104 Å². The van der Waals surface area contributed by atoms with Gasteiger partial charge >= 0.3 is 6.02 Å². The molecular formula is C38H33N3O3. The molecular weight excluding hydrogens is 546 g/mol. The smallest absolute Gasteiger partial charge is 0.305 e. The Hall–Kier alpha value is -5.62. The number of rotatable bonds is 9. The lowest BCUT2D eigenvalue weighted by Gasteiger charge is -2.25. The number of benzene rings is 5. The van der Waals surface area contributed by atoms with Gasteiger partial charge in [-0.05, 0) is 90.7 Å². The van der Waals surface area contributed by atoms with E-state index in [-0.39, 0.29) is 17.7 Å². The topological polar surface area (TPSA) is 54.4 Å². The maximum atomic E-state index is 13.7. The van der Waals surface area contributed by atoms with Crippen LogP contribution in [0.4, 0.5) is 22.7 Å². The maximum absolute atomic E-state index is 13.7. The highest BCUT2D eigenvalue weighted by Gasteiger charge is 2.34. The number of carbonyl (C=O) groups is 1. The van der Waals surface area contributed by atoms with Crippen molar-refractivity contribution < 1.29 is 14.3 Å². The van der Waals surface area contributed by atoms with Gasteiger partial charge in [0.05, 0.1) is 12.8 Å². The van der Waals surface area contributed by atoms with E-state index in [1.165, 1.54) is 0 Å². The molecule has 0 aliphatic carbocycles. The highest BCUT2D eigenvalue weighted by Crippen LogP contribution is 2.34. The lowest BCUT2D eigenvalue weighted by atomic mass is 10.1. The van der Waals surface area contributed by atoms with Crippen molar-refractivity contribution in [1.82, 2.24) is 4.90 Å². The van der Waals surface area contributed by atoms with Crippen LogP contribution in [0, 0.1) is 6.92 Å². The molecule has 6 nitrogen and oxygen atoms in total. The van der Waals surface area contributed by atoms with Gasteiger partial charge in [-0.25, -0.2) is 0 Å². The number of ether oxygens (including phenoxy) is 2. The minimum Gasteiger partial charge on any atom is -0.497 e. The van der Waals surface area contributed by atoms with E-state index in [1.54, 1.807) is 18.1 Å². The van der Waals surface area contributed by atoms with Gasteiger partial charge in [0.25, 0.3) is 5.91 Å². The molecule has 0 atom stereocenters. The Labute approximate surface area is 258 Å². The Morgan fingerprint density at radius 1 is 0.750 bits per heavy atom. The molecule has 0 bridgehead atoms. The Kier molecular flexibility index (Phi) is 8.50. The molecule has 1 saturated heterocycles. The van der Waals surface area contributed by atoms with Gasteiger partial charge < -0.3 is 14.4 Å². The fourth-order valence-corrected chi connectivity index (χ4v) is 5.09. The summed E-state index contributed by atoms with van der Waals surface area (Å²) in [5, 5.41) is 0. The van der Waals surface area contributed by atoms with Crippen LogP contribution in [0.2, 0.25) is 0 Å². The summed E-state index contributed by atoms with van der Waals surface area (Å²) in [6.45, 7) is 2.42. The predicted octanol–water partition coefficient (Wildman–Crippen LogP) is 8.60. The first kappa shape index (κ1) is 28.5. The third-order valence-corrected chi connectivity index (χ3v) is 7.48. The molecule has 0 radical (unpaired) electrons. The molecule has 0 saturated carbocycles. The molecule has 5 aromatic rings. The minimum atomic E-state index is -0.217. The molecule has 1 heterocycles. The van der Waals surface area contributed by atoms with Crippen LogP contribution in [0.3, 0.4) is 0 Å². The third-order valence-electron chi connectivity index (χ3n) is 7.48. The number of amidine groups is 1. The summed E-state index contributed by atoms with van der Waals surface area (Å²) < 4.78 is 11.4. The first-order valence-corrected chi connectivity index (χ1v) is 14.6. The Morgan fingerprint density at radius 2 is 1.34 bits per heavy atom. The van der Waals surface area contributed by atoms with E-state index < -0.39 is 0 Å². The van der Waals surface area contributed by atoms with Crippen molar-refractivity contribution in [2.45, 2.75) is 13.3 Å². The van der Waals surface area contributed by atoms with Gasteiger partial charge in [0, 0.05) is 23.6 Å². The molecule has 0 aromatic heterocycles. The van der Waals surface area contributed by atoms with E-state index in [0.717, 1.165) is 45.2 Å². The molecule has 1 aliphatic heterocycles. The number of hydrogen-bond acceptors (Lipinski definition) is 5. The number of aryl methyl sites for hydroxylation is 1. The molecule has 5 aromatic carbocycles. The number of amides is 1. The lowest BCUT2D eigenvalue weighted by Crippen LogP contribution is -2.31. The van der Waals surface area contributed by atoms with Gasteiger partial charge in [0.1, 0.15) is 5.75 Å². The van der Waals surface area contributed by atoms with Crippen LogP contribution >= 0.6 is 0 Å². The lowest BCUT2D eigenvalue weighted by molar-refractivity contribution is -0.122. The van der Waals surface area contributed by atoms with Gasteiger partial charge in [0.15, 0.2) is 5.76 Å². The van der Waals surface area contributed by atoms with E-state index in [2.05, 4.69) is 41.3 Å². The van der Waals surface area contributed by atoms with Crippen molar-refractivity contribution >= 4 is 40.8 Å². The molecule has 6 rings (SSSR count). The summed E-state index contributed by atoms with van der Waals surface area (Å²) in [6.07, 6.45) is 2.42. The molecule has 6 heteroatoms. The van der Waals surface area contributed by atoms with Crippen molar-refractivity contribution in [2.24, 2.45) is 4.99 Å². The number of anilines is 3. The normalized spacial score (nSPS) is 14.6. The molecule has 0 spiro atoms. The summed E-state index contributed by atoms with van der Waals surface area (Å²) >= 11 is 0. The molecule has 0 unspecified atom stereocenters. The predicted molar refractivity (Wildman–Crippen MR) is 177 cm³/mol. The van der Waals surface area contributed by atoms with Crippen LogP contribution in [0.5, 0.6) is 5.75 Å². The van der Waals surface area contributed by atoms with Gasteiger partial charge in [-0.3, -0.25) is 9.69 Å². The molecule has 44 heavy (non-hydrogen) atoms. The van der Waals surface area contributed by atoms with Crippen molar-refractivity contribution in [1.29, 1.82) is 0 Å². The third kappa shape index (κ3) is 6.40. The van der Waals surface area contributed by atoms with Crippen molar-refractivity contribution in [3.05, 3.63) is 156 Å². The Balaban J connectivity index is 1.28. The van der Waals surface area contributed by atoms with Crippen molar-refractivity contribution in [3.63, 3.8) is 0 Å². The Morgan fingerprint density at radius 3 is 1.95 bits per heavy atom. The number of nitrogens with zero attached hydrogens (tertiary/aromatic N) is 3. The molecule has 0 N–H and O–H groups in total. The zero-order valence-electron chi connectivity index (χ0n) is 24.8. The van der Waals surface area contributed by atoms with Crippen LogP contribution in [-0.4, -0.2) is 30.5 Å². The van der Waals surface area contributed by atoms with Crippen molar-refractivity contribution in [2.75, 3.05) is 18.6 Å². The van der Waals surface area contributed by atoms with Gasteiger partial charge in [0.2, 0.25) is 0 Å². The fraction of sp³-hybridized carbons (Fsp3) is 0.105. The summed E-state index contributed by atoms with van der Waals surface area (Å²) in [7, 11) is 1.65. The summed E-state index contributed by atoms with van der Waals surface area (Å²) in [4.78, 5) is 22.3. The number of para-hydroxylation sites is 3. The average Bonchev–Trinajstić information content (AvgIpc) is 3.36. The summed E-state index contributed by atoms with van der Waals surface area (Å²) in [5.41, 5.74) is 6.82. The van der Waals surface area contributed by atoms with E-state index >= 15 is 0 Å². The van der Waals surface area contributed by atoms with Gasteiger partial charge in [-0.2, -0.15) is 4.99 Å². The monoisotopic (exact) mass is 579 g/mol. The zero-order chi connectivity index (χ0) is 30.3.